The number of rotatable bonds is 5. The zero-order valence-electron chi connectivity index (χ0n) is 10.3. The lowest BCUT2D eigenvalue weighted by atomic mass is 10.1. The predicted molar refractivity (Wildman–Crippen MR) is 65.6 cm³/mol. The van der Waals surface area contributed by atoms with Gasteiger partial charge in [0.05, 0.1) is 30.5 Å². The molecule has 1 N–H and O–H groups in total. The van der Waals surface area contributed by atoms with Crippen LogP contribution in [0, 0.1) is 0 Å². The second kappa shape index (κ2) is 6.78. The molecule has 20 heavy (non-hydrogen) atoms. The van der Waals surface area contributed by atoms with Crippen molar-refractivity contribution < 1.29 is 32.5 Å². The van der Waals surface area contributed by atoms with E-state index in [9.17, 15) is 23.1 Å². The maximum absolute atomic E-state index is 12.3. The molecule has 0 saturated carbocycles. The Bertz CT molecular complexity index is 493. The first-order chi connectivity index (χ1) is 9.28. The van der Waals surface area contributed by atoms with Gasteiger partial charge in [0.15, 0.2) is 5.75 Å². The van der Waals surface area contributed by atoms with Gasteiger partial charge in [-0.2, -0.15) is 0 Å². The third kappa shape index (κ3) is 4.55. The SMILES string of the molecule is CCOC(=O)Cc1c(OC(F)(F)F)cnc(CBr)c1O. The van der Waals surface area contributed by atoms with Crippen LogP contribution in [0.25, 0.3) is 0 Å². The number of halogens is 4. The van der Waals surface area contributed by atoms with Crippen molar-refractivity contribution in [1.29, 1.82) is 0 Å². The number of aromatic nitrogens is 1. The molecule has 0 bridgehead atoms. The average Bonchev–Trinajstić information content (AvgIpc) is 2.32. The molecule has 5 nitrogen and oxygen atoms in total. The lowest BCUT2D eigenvalue weighted by Gasteiger charge is -2.15. The summed E-state index contributed by atoms with van der Waals surface area (Å²) in [5.74, 6) is -2.04. The number of carbonyl (C=O) groups is 1. The van der Waals surface area contributed by atoms with Gasteiger partial charge in [-0.15, -0.1) is 13.2 Å². The van der Waals surface area contributed by atoms with Crippen LogP contribution in [0.15, 0.2) is 6.20 Å². The van der Waals surface area contributed by atoms with E-state index in [1.807, 2.05) is 0 Å². The zero-order chi connectivity index (χ0) is 15.3. The summed E-state index contributed by atoms with van der Waals surface area (Å²) >= 11 is 3.02. The van der Waals surface area contributed by atoms with Crippen LogP contribution in [0.1, 0.15) is 18.2 Å². The van der Waals surface area contributed by atoms with E-state index in [-0.39, 0.29) is 23.2 Å². The van der Waals surface area contributed by atoms with Gasteiger partial charge in [-0.05, 0) is 6.92 Å². The molecular weight excluding hydrogens is 347 g/mol. The highest BCUT2D eigenvalue weighted by Gasteiger charge is 2.33. The molecule has 112 valence electrons. The highest BCUT2D eigenvalue weighted by molar-refractivity contribution is 9.08. The lowest BCUT2D eigenvalue weighted by Crippen LogP contribution is -2.19. The predicted octanol–water partition coefficient (Wildman–Crippen LogP) is 2.69. The van der Waals surface area contributed by atoms with Crippen molar-refractivity contribution >= 4 is 21.9 Å². The van der Waals surface area contributed by atoms with Crippen LogP contribution in [-0.2, 0) is 21.3 Å². The van der Waals surface area contributed by atoms with E-state index in [1.54, 1.807) is 6.92 Å². The van der Waals surface area contributed by atoms with Crippen LogP contribution in [0.4, 0.5) is 13.2 Å². The van der Waals surface area contributed by atoms with Crippen LogP contribution < -0.4 is 4.74 Å². The summed E-state index contributed by atoms with van der Waals surface area (Å²) in [6, 6.07) is 0. The van der Waals surface area contributed by atoms with Crippen LogP contribution in [0.3, 0.4) is 0 Å². The Morgan fingerprint density at radius 2 is 2.15 bits per heavy atom. The molecule has 0 atom stereocenters. The number of esters is 1. The maximum atomic E-state index is 12.3. The van der Waals surface area contributed by atoms with Crippen LogP contribution in [-0.4, -0.2) is 29.0 Å². The van der Waals surface area contributed by atoms with Gasteiger partial charge in [0.25, 0.3) is 0 Å². The normalized spacial score (nSPS) is 11.2. The van der Waals surface area contributed by atoms with Crippen molar-refractivity contribution in [2.75, 3.05) is 6.61 Å². The average molecular weight is 358 g/mol. The minimum Gasteiger partial charge on any atom is -0.506 e. The summed E-state index contributed by atoms with van der Waals surface area (Å²) in [5, 5.41) is 9.95. The Balaban J connectivity index is 3.16. The molecule has 0 radical (unpaired) electrons. The summed E-state index contributed by atoms with van der Waals surface area (Å²) in [5.41, 5.74) is -0.218. The van der Waals surface area contributed by atoms with Crippen LogP contribution >= 0.6 is 15.9 Å². The molecule has 1 aromatic rings. The zero-order valence-corrected chi connectivity index (χ0v) is 11.9. The topological polar surface area (TPSA) is 68.7 Å². The van der Waals surface area contributed by atoms with Gasteiger partial charge in [0.1, 0.15) is 5.75 Å². The number of hydrogen-bond donors (Lipinski definition) is 1. The van der Waals surface area contributed by atoms with Gasteiger partial charge in [-0.1, -0.05) is 15.9 Å². The molecule has 1 aromatic heterocycles. The van der Waals surface area contributed by atoms with E-state index >= 15 is 0 Å². The van der Waals surface area contributed by atoms with Crippen molar-refractivity contribution in [3.8, 4) is 11.5 Å². The molecule has 0 fully saturated rings. The number of hydrogen-bond acceptors (Lipinski definition) is 5. The van der Waals surface area contributed by atoms with Gasteiger partial charge in [0.2, 0.25) is 0 Å². The van der Waals surface area contributed by atoms with Gasteiger partial charge < -0.3 is 14.6 Å². The molecule has 1 heterocycles. The quantitative estimate of drug-likeness (QED) is 0.648. The lowest BCUT2D eigenvalue weighted by molar-refractivity contribution is -0.275. The molecule has 0 saturated heterocycles. The second-order valence-electron chi connectivity index (χ2n) is 3.56. The Morgan fingerprint density at radius 1 is 1.50 bits per heavy atom. The number of nitrogens with zero attached hydrogens (tertiary/aromatic N) is 1. The molecule has 1 rings (SSSR count). The van der Waals surface area contributed by atoms with Crippen molar-refractivity contribution in [3.63, 3.8) is 0 Å². The fourth-order valence-electron chi connectivity index (χ4n) is 1.40. The third-order valence-corrected chi connectivity index (χ3v) is 2.70. The Labute approximate surface area is 120 Å². The first-order valence-electron chi connectivity index (χ1n) is 5.45. The van der Waals surface area contributed by atoms with Crippen molar-refractivity contribution in [2.45, 2.75) is 25.0 Å². The minimum atomic E-state index is -4.95. The monoisotopic (exact) mass is 357 g/mol. The molecule has 9 heteroatoms. The smallest absolute Gasteiger partial charge is 0.506 e. The van der Waals surface area contributed by atoms with E-state index in [0.717, 1.165) is 6.20 Å². The molecule has 0 aliphatic carbocycles. The number of ether oxygens (including phenoxy) is 2. The molecule has 0 aliphatic heterocycles. The third-order valence-electron chi connectivity index (χ3n) is 2.17. The standard InChI is InChI=1S/C11H11BrF3NO4/c1-2-19-9(17)3-6-8(20-11(13,14)15)5-16-7(4-12)10(6)18/h5,18H,2-4H2,1H3. The summed E-state index contributed by atoms with van der Waals surface area (Å²) < 4.78 is 45.2. The van der Waals surface area contributed by atoms with Crippen LogP contribution in [0.5, 0.6) is 11.5 Å². The molecule has 0 amide bonds. The van der Waals surface area contributed by atoms with Gasteiger partial charge in [0, 0.05) is 5.33 Å². The van der Waals surface area contributed by atoms with Crippen LogP contribution in [0.2, 0.25) is 0 Å². The van der Waals surface area contributed by atoms with Gasteiger partial charge >= 0.3 is 12.3 Å². The largest absolute Gasteiger partial charge is 0.573 e. The highest BCUT2D eigenvalue weighted by Crippen LogP contribution is 2.34. The van der Waals surface area contributed by atoms with Gasteiger partial charge in [-0.25, -0.2) is 0 Å². The Kier molecular flexibility index (Phi) is 5.61. The van der Waals surface area contributed by atoms with Crippen molar-refractivity contribution in [2.24, 2.45) is 0 Å². The van der Waals surface area contributed by atoms with E-state index in [0.29, 0.717) is 0 Å². The fourth-order valence-corrected chi connectivity index (χ4v) is 1.81. The van der Waals surface area contributed by atoms with Gasteiger partial charge in [-0.3, -0.25) is 9.78 Å². The number of alkyl halides is 4. The molecule has 0 aromatic carbocycles. The summed E-state index contributed by atoms with van der Waals surface area (Å²) in [7, 11) is 0. The molecular formula is C11H11BrF3NO4. The number of pyridine rings is 1. The Hall–Kier alpha value is -1.51. The summed E-state index contributed by atoms with van der Waals surface area (Å²) in [6.45, 7) is 1.63. The molecule has 0 spiro atoms. The van der Waals surface area contributed by atoms with Crippen molar-refractivity contribution in [3.05, 3.63) is 17.5 Å². The first kappa shape index (κ1) is 16.5. The van der Waals surface area contributed by atoms with E-state index in [4.69, 9.17) is 0 Å². The first-order valence-corrected chi connectivity index (χ1v) is 6.57. The maximum Gasteiger partial charge on any atom is 0.573 e. The highest BCUT2D eigenvalue weighted by atomic mass is 79.9. The number of carbonyl (C=O) groups excluding carboxylic acids is 1. The van der Waals surface area contributed by atoms with E-state index in [2.05, 4.69) is 30.4 Å². The Morgan fingerprint density at radius 3 is 2.65 bits per heavy atom. The van der Waals surface area contributed by atoms with E-state index < -0.39 is 30.3 Å². The summed E-state index contributed by atoms with van der Waals surface area (Å²) in [6.07, 6.45) is -4.70. The number of aromatic hydroxyl groups is 1. The summed E-state index contributed by atoms with van der Waals surface area (Å²) in [4.78, 5) is 15.0. The molecule has 0 aliphatic rings. The minimum absolute atomic E-state index is 0.0748. The van der Waals surface area contributed by atoms with E-state index in [1.165, 1.54) is 0 Å². The fraction of sp³-hybridized carbons (Fsp3) is 0.455. The molecule has 0 unspecified atom stereocenters. The second-order valence-corrected chi connectivity index (χ2v) is 4.12. The van der Waals surface area contributed by atoms with Crippen molar-refractivity contribution in [1.82, 2.24) is 4.98 Å².